The second kappa shape index (κ2) is 6.22. The molecule has 0 heterocycles. The van der Waals surface area contributed by atoms with Gasteiger partial charge in [0, 0.05) is 11.7 Å². The Balaban J connectivity index is 2.77. The SMILES string of the molecule is Cc1cc(C(=O)O)ccc1NC(C)C(=O)NC(C)C. The van der Waals surface area contributed by atoms with E-state index in [4.69, 9.17) is 5.11 Å². The smallest absolute Gasteiger partial charge is 0.335 e. The third kappa shape index (κ3) is 4.28. The normalized spacial score (nSPS) is 12.1. The second-order valence-corrected chi connectivity index (χ2v) is 4.86. The number of aryl methyl sites for hydroxylation is 1. The highest BCUT2D eigenvalue weighted by atomic mass is 16.4. The van der Waals surface area contributed by atoms with Gasteiger partial charge in [-0.15, -0.1) is 0 Å². The first-order chi connectivity index (χ1) is 8.81. The Labute approximate surface area is 113 Å². The van der Waals surface area contributed by atoms with Gasteiger partial charge in [0.15, 0.2) is 0 Å². The molecule has 19 heavy (non-hydrogen) atoms. The first-order valence-electron chi connectivity index (χ1n) is 6.22. The van der Waals surface area contributed by atoms with Crippen LogP contribution < -0.4 is 10.6 Å². The Morgan fingerprint density at radius 3 is 2.32 bits per heavy atom. The highest BCUT2D eigenvalue weighted by Crippen LogP contribution is 2.17. The van der Waals surface area contributed by atoms with Crippen LogP contribution in [0.5, 0.6) is 0 Å². The summed E-state index contributed by atoms with van der Waals surface area (Å²) < 4.78 is 0. The standard InChI is InChI=1S/C14H20N2O3/c1-8(2)15-13(17)10(4)16-12-6-5-11(14(18)19)7-9(12)3/h5-8,10,16H,1-4H3,(H,15,17)(H,18,19). The number of rotatable bonds is 5. The van der Waals surface area contributed by atoms with Crippen LogP contribution in [0.2, 0.25) is 0 Å². The van der Waals surface area contributed by atoms with E-state index in [0.29, 0.717) is 0 Å². The number of amides is 1. The highest BCUT2D eigenvalue weighted by Gasteiger charge is 2.14. The number of anilines is 1. The summed E-state index contributed by atoms with van der Waals surface area (Å²) in [5.74, 6) is -1.04. The molecule has 3 N–H and O–H groups in total. The van der Waals surface area contributed by atoms with Crippen molar-refractivity contribution in [1.82, 2.24) is 5.32 Å². The topological polar surface area (TPSA) is 78.4 Å². The van der Waals surface area contributed by atoms with Crippen LogP contribution in [-0.2, 0) is 4.79 Å². The van der Waals surface area contributed by atoms with Crippen molar-refractivity contribution in [1.29, 1.82) is 0 Å². The number of hydrogen-bond donors (Lipinski definition) is 3. The van der Waals surface area contributed by atoms with Gasteiger partial charge in [-0.3, -0.25) is 4.79 Å². The average molecular weight is 264 g/mol. The van der Waals surface area contributed by atoms with E-state index in [1.165, 1.54) is 6.07 Å². The third-order valence-electron chi connectivity index (χ3n) is 2.67. The fraction of sp³-hybridized carbons (Fsp3) is 0.429. The third-order valence-corrected chi connectivity index (χ3v) is 2.67. The summed E-state index contributed by atoms with van der Waals surface area (Å²) in [5, 5.41) is 14.8. The molecule has 1 atom stereocenters. The van der Waals surface area contributed by atoms with Gasteiger partial charge in [0.05, 0.1) is 5.56 Å². The van der Waals surface area contributed by atoms with E-state index < -0.39 is 5.97 Å². The van der Waals surface area contributed by atoms with Crippen LogP contribution in [-0.4, -0.2) is 29.1 Å². The second-order valence-electron chi connectivity index (χ2n) is 4.86. The highest BCUT2D eigenvalue weighted by molar-refractivity contribution is 5.89. The molecule has 5 nitrogen and oxygen atoms in total. The molecule has 0 saturated heterocycles. The fourth-order valence-electron chi connectivity index (χ4n) is 1.67. The monoisotopic (exact) mass is 264 g/mol. The quantitative estimate of drug-likeness (QED) is 0.760. The van der Waals surface area contributed by atoms with Crippen molar-refractivity contribution >= 4 is 17.6 Å². The Morgan fingerprint density at radius 2 is 1.84 bits per heavy atom. The number of aromatic carboxylic acids is 1. The Kier molecular flexibility index (Phi) is 4.92. The van der Waals surface area contributed by atoms with Crippen LogP contribution in [0.4, 0.5) is 5.69 Å². The van der Waals surface area contributed by atoms with E-state index in [0.717, 1.165) is 11.3 Å². The minimum atomic E-state index is -0.958. The van der Waals surface area contributed by atoms with Gasteiger partial charge in [-0.1, -0.05) is 0 Å². The van der Waals surface area contributed by atoms with E-state index in [2.05, 4.69) is 10.6 Å². The first-order valence-corrected chi connectivity index (χ1v) is 6.22. The summed E-state index contributed by atoms with van der Waals surface area (Å²) in [7, 11) is 0. The minimum Gasteiger partial charge on any atom is -0.478 e. The molecule has 0 spiro atoms. The maximum atomic E-state index is 11.8. The molecular formula is C14H20N2O3. The van der Waals surface area contributed by atoms with Gasteiger partial charge in [-0.25, -0.2) is 4.79 Å². The largest absolute Gasteiger partial charge is 0.478 e. The molecule has 0 aliphatic heterocycles. The summed E-state index contributed by atoms with van der Waals surface area (Å²) >= 11 is 0. The Morgan fingerprint density at radius 1 is 1.21 bits per heavy atom. The van der Waals surface area contributed by atoms with E-state index in [1.807, 2.05) is 20.8 Å². The van der Waals surface area contributed by atoms with Gasteiger partial charge < -0.3 is 15.7 Å². The van der Waals surface area contributed by atoms with Crippen LogP contribution in [0.3, 0.4) is 0 Å². The van der Waals surface area contributed by atoms with Gasteiger partial charge in [0.25, 0.3) is 0 Å². The zero-order valence-corrected chi connectivity index (χ0v) is 11.7. The zero-order chi connectivity index (χ0) is 14.6. The summed E-state index contributed by atoms with van der Waals surface area (Å²) in [6.07, 6.45) is 0. The molecule has 0 aromatic heterocycles. The Hall–Kier alpha value is -2.04. The molecule has 0 aliphatic carbocycles. The molecule has 1 aromatic rings. The summed E-state index contributed by atoms with van der Waals surface area (Å²) in [4.78, 5) is 22.6. The summed E-state index contributed by atoms with van der Waals surface area (Å²) in [6.45, 7) is 7.37. The predicted molar refractivity (Wildman–Crippen MR) is 74.5 cm³/mol. The number of carbonyl (C=O) groups excluding carboxylic acids is 1. The van der Waals surface area contributed by atoms with Crippen molar-refractivity contribution in [2.24, 2.45) is 0 Å². The molecule has 0 fully saturated rings. The number of nitrogens with one attached hydrogen (secondary N) is 2. The van der Waals surface area contributed by atoms with Crippen LogP contribution >= 0.6 is 0 Å². The summed E-state index contributed by atoms with van der Waals surface area (Å²) in [6, 6.07) is 4.49. The number of hydrogen-bond acceptors (Lipinski definition) is 3. The van der Waals surface area contributed by atoms with E-state index in [1.54, 1.807) is 19.1 Å². The molecule has 5 heteroatoms. The maximum Gasteiger partial charge on any atom is 0.335 e. The number of benzene rings is 1. The molecule has 1 unspecified atom stereocenters. The number of carboxylic acids is 1. The Bertz CT molecular complexity index is 484. The van der Waals surface area contributed by atoms with Crippen LogP contribution in [0, 0.1) is 6.92 Å². The van der Waals surface area contributed by atoms with E-state index in [-0.39, 0.29) is 23.6 Å². The lowest BCUT2D eigenvalue weighted by molar-refractivity contribution is -0.122. The van der Waals surface area contributed by atoms with Crippen LogP contribution in [0.15, 0.2) is 18.2 Å². The average Bonchev–Trinajstić information content (AvgIpc) is 2.30. The molecular weight excluding hydrogens is 244 g/mol. The zero-order valence-electron chi connectivity index (χ0n) is 11.7. The lowest BCUT2D eigenvalue weighted by atomic mass is 10.1. The molecule has 0 radical (unpaired) electrons. The minimum absolute atomic E-state index is 0.0864. The predicted octanol–water partition coefficient (Wildman–Crippen LogP) is 2.02. The van der Waals surface area contributed by atoms with Gasteiger partial charge >= 0.3 is 5.97 Å². The number of carbonyl (C=O) groups is 2. The lowest BCUT2D eigenvalue weighted by Gasteiger charge is -2.18. The van der Waals surface area contributed by atoms with Crippen molar-refractivity contribution in [3.8, 4) is 0 Å². The van der Waals surface area contributed by atoms with Gasteiger partial charge in [-0.05, 0) is 51.5 Å². The molecule has 1 rings (SSSR count). The van der Waals surface area contributed by atoms with Crippen LogP contribution in [0.1, 0.15) is 36.7 Å². The summed E-state index contributed by atoms with van der Waals surface area (Å²) in [5.41, 5.74) is 1.79. The van der Waals surface area contributed by atoms with E-state index >= 15 is 0 Å². The van der Waals surface area contributed by atoms with E-state index in [9.17, 15) is 9.59 Å². The molecule has 104 valence electrons. The van der Waals surface area contributed by atoms with Crippen molar-refractivity contribution < 1.29 is 14.7 Å². The molecule has 0 bridgehead atoms. The van der Waals surface area contributed by atoms with Gasteiger partial charge in [0.2, 0.25) is 5.91 Å². The molecule has 1 amide bonds. The van der Waals surface area contributed by atoms with Crippen molar-refractivity contribution in [2.75, 3.05) is 5.32 Å². The molecule has 0 aliphatic rings. The van der Waals surface area contributed by atoms with Crippen molar-refractivity contribution in [2.45, 2.75) is 39.8 Å². The van der Waals surface area contributed by atoms with Crippen LogP contribution in [0.25, 0.3) is 0 Å². The van der Waals surface area contributed by atoms with Crippen molar-refractivity contribution in [3.63, 3.8) is 0 Å². The number of carboxylic acid groups (broad SMARTS) is 1. The maximum absolute atomic E-state index is 11.8. The molecule has 1 aromatic carbocycles. The fourth-order valence-corrected chi connectivity index (χ4v) is 1.67. The lowest BCUT2D eigenvalue weighted by Crippen LogP contribution is -2.41. The van der Waals surface area contributed by atoms with Gasteiger partial charge in [-0.2, -0.15) is 0 Å². The first kappa shape index (κ1) is 15.0. The van der Waals surface area contributed by atoms with Crippen molar-refractivity contribution in [3.05, 3.63) is 29.3 Å². The molecule has 0 saturated carbocycles. The van der Waals surface area contributed by atoms with Gasteiger partial charge in [0.1, 0.15) is 6.04 Å².